The zero-order chi connectivity index (χ0) is 22.7. The molecule has 7 nitrogen and oxygen atoms in total. The fourth-order valence-corrected chi connectivity index (χ4v) is 3.67. The van der Waals surface area contributed by atoms with Gasteiger partial charge in [-0.25, -0.2) is 0 Å². The fourth-order valence-electron chi connectivity index (χ4n) is 3.67. The van der Waals surface area contributed by atoms with Crippen LogP contribution in [-0.2, 0) is 22.7 Å². The lowest BCUT2D eigenvalue weighted by Crippen LogP contribution is -2.28. The molecular weight excluding hydrogens is 404 g/mol. The minimum Gasteiger partial charge on any atom is -0.339 e. The third-order valence-corrected chi connectivity index (χ3v) is 5.30. The van der Waals surface area contributed by atoms with Gasteiger partial charge in [-0.2, -0.15) is 0 Å². The second-order valence-corrected chi connectivity index (χ2v) is 7.73. The van der Waals surface area contributed by atoms with Crippen LogP contribution >= 0.6 is 0 Å². The van der Waals surface area contributed by atoms with Gasteiger partial charge in [0.2, 0.25) is 11.8 Å². The minimum atomic E-state index is -0.310. The van der Waals surface area contributed by atoms with E-state index < -0.39 is 0 Å². The van der Waals surface area contributed by atoms with E-state index in [0.717, 1.165) is 16.5 Å². The second kappa shape index (κ2) is 8.93. The molecule has 2 aromatic heterocycles. The molecule has 0 bridgehead atoms. The lowest BCUT2D eigenvalue weighted by atomic mass is 10.1. The van der Waals surface area contributed by atoms with Crippen molar-refractivity contribution in [2.24, 2.45) is 0 Å². The number of hydrogen-bond acceptors (Lipinski definition) is 3. The van der Waals surface area contributed by atoms with Crippen LogP contribution in [0.5, 0.6) is 0 Å². The topological polar surface area (TPSA) is 85.1 Å². The monoisotopic (exact) mass is 428 g/mol. The molecule has 0 saturated carbocycles. The predicted molar refractivity (Wildman–Crippen MR) is 126 cm³/mol. The van der Waals surface area contributed by atoms with Crippen molar-refractivity contribution in [3.05, 3.63) is 94.5 Å². The summed E-state index contributed by atoms with van der Waals surface area (Å²) in [7, 11) is 0. The molecule has 0 radical (unpaired) electrons. The number of benzene rings is 2. The second-order valence-electron chi connectivity index (χ2n) is 7.73. The summed E-state index contributed by atoms with van der Waals surface area (Å²) in [5.41, 5.74) is 3.89. The van der Waals surface area contributed by atoms with E-state index in [0.29, 0.717) is 23.4 Å². The number of carbonyl (C=O) groups is 2. The predicted octanol–water partition coefficient (Wildman–Crippen LogP) is 3.76. The van der Waals surface area contributed by atoms with Gasteiger partial charge in [-0.05, 0) is 54.4 Å². The number of hydrogen-bond donors (Lipinski definition) is 2. The maximum Gasteiger partial charge on any atom is 0.275 e. The molecule has 32 heavy (non-hydrogen) atoms. The highest BCUT2D eigenvalue weighted by Crippen LogP contribution is 2.16. The van der Waals surface area contributed by atoms with Crippen molar-refractivity contribution in [2.75, 3.05) is 10.6 Å². The van der Waals surface area contributed by atoms with Gasteiger partial charge in [0.1, 0.15) is 12.1 Å². The number of rotatable bonds is 6. The van der Waals surface area contributed by atoms with E-state index in [1.807, 2.05) is 54.1 Å². The van der Waals surface area contributed by atoms with Gasteiger partial charge in [-0.3, -0.25) is 14.4 Å². The molecule has 162 valence electrons. The molecular formula is C25H24N4O3. The number of anilines is 2. The molecule has 4 rings (SSSR count). The summed E-state index contributed by atoms with van der Waals surface area (Å²) >= 11 is 0. The van der Waals surface area contributed by atoms with Crippen molar-refractivity contribution in [3.63, 3.8) is 0 Å². The molecule has 2 aromatic carbocycles. The SMILES string of the molecule is CC(=O)Nc1ccc(NC(=O)Cn2ccc3ccn(Cc4ccccc4C)c3c2=O)cc1. The van der Waals surface area contributed by atoms with E-state index in [-0.39, 0.29) is 23.9 Å². The molecule has 0 spiro atoms. The summed E-state index contributed by atoms with van der Waals surface area (Å²) in [6.07, 6.45) is 3.54. The lowest BCUT2D eigenvalue weighted by molar-refractivity contribution is -0.117. The third-order valence-electron chi connectivity index (χ3n) is 5.30. The van der Waals surface area contributed by atoms with E-state index in [4.69, 9.17) is 0 Å². The molecule has 0 atom stereocenters. The van der Waals surface area contributed by atoms with Gasteiger partial charge in [-0.15, -0.1) is 0 Å². The van der Waals surface area contributed by atoms with Crippen LogP contribution in [0.2, 0.25) is 0 Å². The maximum absolute atomic E-state index is 13.1. The average Bonchev–Trinajstić information content (AvgIpc) is 3.16. The number of aromatic nitrogens is 2. The minimum absolute atomic E-state index is 0.0994. The number of carbonyl (C=O) groups excluding carboxylic acids is 2. The van der Waals surface area contributed by atoms with Crippen LogP contribution in [0, 0.1) is 6.92 Å². The number of nitrogens with one attached hydrogen (secondary N) is 2. The van der Waals surface area contributed by atoms with E-state index in [1.165, 1.54) is 11.5 Å². The van der Waals surface area contributed by atoms with Crippen LogP contribution in [-0.4, -0.2) is 20.9 Å². The molecule has 0 aliphatic rings. The summed E-state index contributed by atoms with van der Waals surface area (Å²) in [6, 6.07) is 18.6. The maximum atomic E-state index is 13.1. The Hall–Kier alpha value is -4.13. The van der Waals surface area contributed by atoms with Crippen molar-refractivity contribution in [3.8, 4) is 0 Å². The Morgan fingerprint density at radius 3 is 2.12 bits per heavy atom. The van der Waals surface area contributed by atoms with E-state index in [1.54, 1.807) is 30.5 Å². The Kier molecular flexibility index (Phi) is 5.89. The molecule has 2 N–H and O–H groups in total. The van der Waals surface area contributed by atoms with Crippen LogP contribution in [0.1, 0.15) is 18.1 Å². The Bertz CT molecular complexity index is 1350. The standard InChI is InChI=1S/C25H24N4O3/c1-17-5-3-4-6-20(17)15-28-13-11-19-12-14-29(25(32)24(19)28)16-23(31)27-22-9-7-21(8-10-22)26-18(2)30/h3-14H,15-16H2,1-2H3,(H,26,30)(H,27,31). The van der Waals surface area contributed by atoms with Gasteiger partial charge in [0.25, 0.3) is 5.56 Å². The number of pyridine rings is 1. The molecule has 2 amide bonds. The first-order valence-electron chi connectivity index (χ1n) is 10.3. The van der Waals surface area contributed by atoms with Crippen molar-refractivity contribution in [2.45, 2.75) is 26.9 Å². The molecule has 0 unspecified atom stereocenters. The van der Waals surface area contributed by atoms with Crippen molar-refractivity contribution < 1.29 is 9.59 Å². The Labute approximate surface area is 185 Å². The van der Waals surface area contributed by atoms with E-state index in [2.05, 4.69) is 10.6 Å². The average molecular weight is 428 g/mol. The highest BCUT2D eigenvalue weighted by Gasteiger charge is 2.12. The van der Waals surface area contributed by atoms with Crippen LogP contribution in [0.3, 0.4) is 0 Å². The Balaban J connectivity index is 1.52. The summed E-state index contributed by atoms with van der Waals surface area (Å²) < 4.78 is 3.34. The quantitative estimate of drug-likeness (QED) is 0.490. The smallest absolute Gasteiger partial charge is 0.275 e. The molecule has 0 aliphatic heterocycles. The van der Waals surface area contributed by atoms with Crippen LogP contribution in [0.4, 0.5) is 11.4 Å². The Morgan fingerprint density at radius 2 is 1.47 bits per heavy atom. The van der Waals surface area contributed by atoms with Gasteiger partial charge in [-0.1, -0.05) is 24.3 Å². The Morgan fingerprint density at radius 1 is 0.844 bits per heavy atom. The molecule has 0 aliphatic carbocycles. The molecule has 4 aromatic rings. The van der Waals surface area contributed by atoms with Crippen molar-refractivity contribution in [1.82, 2.24) is 9.13 Å². The molecule has 0 saturated heterocycles. The van der Waals surface area contributed by atoms with Gasteiger partial charge >= 0.3 is 0 Å². The first-order valence-corrected chi connectivity index (χ1v) is 10.3. The highest BCUT2D eigenvalue weighted by atomic mass is 16.2. The zero-order valence-corrected chi connectivity index (χ0v) is 18.0. The van der Waals surface area contributed by atoms with Crippen molar-refractivity contribution >= 4 is 34.1 Å². The largest absolute Gasteiger partial charge is 0.339 e. The first-order chi connectivity index (χ1) is 15.4. The molecule has 7 heteroatoms. The van der Waals surface area contributed by atoms with Gasteiger partial charge < -0.3 is 19.8 Å². The van der Waals surface area contributed by atoms with Crippen LogP contribution in [0.25, 0.3) is 10.9 Å². The summed E-state index contributed by atoms with van der Waals surface area (Å²) in [5, 5.41) is 6.30. The van der Waals surface area contributed by atoms with E-state index >= 15 is 0 Å². The molecule has 2 heterocycles. The summed E-state index contributed by atoms with van der Waals surface area (Å²) in [4.78, 5) is 36.8. The van der Waals surface area contributed by atoms with E-state index in [9.17, 15) is 14.4 Å². The lowest BCUT2D eigenvalue weighted by Gasteiger charge is -2.11. The fraction of sp³-hybridized carbons (Fsp3) is 0.160. The summed E-state index contributed by atoms with van der Waals surface area (Å²) in [5.74, 6) is -0.473. The first kappa shape index (κ1) is 21.1. The van der Waals surface area contributed by atoms with Gasteiger partial charge in [0.05, 0.1) is 0 Å². The number of amides is 2. The highest BCUT2D eigenvalue weighted by molar-refractivity contribution is 5.92. The van der Waals surface area contributed by atoms with Gasteiger partial charge in [0, 0.05) is 42.6 Å². The number of aryl methyl sites for hydroxylation is 1. The van der Waals surface area contributed by atoms with Gasteiger partial charge in [0.15, 0.2) is 0 Å². The zero-order valence-electron chi connectivity index (χ0n) is 18.0. The number of fused-ring (bicyclic) bond motifs is 1. The van der Waals surface area contributed by atoms with Crippen LogP contribution < -0.4 is 16.2 Å². The third kappa shape index (κ3) is 4.62. The number of nitrogens with zero attached hydrogens (tertiary/aromatic N) is 2. The molecule has 0 fully saturated rings. The normalized spacial score (nSPS) is 10.8. The summed E-state index contributed by atoms with van der Waals surface area (Å²) in [6.45, 7) is 3.97. The van der Waals surface area contributed by atoms with Crippen molar-refractivity contribution in [1.29, 1.82) is 0 Å². The van der Waals surface area contributed by atoms with Crippen LogP contribution in [0.15, 0.2) is 77.9 Å².